The molecule has 2 aliphatic rings. The van der Waals surface area contributed by atoms with E-state index in [1.54, 1.807) is 0 Å². The maximum atomic E-state index is 13.4. The van der Waals surface area contributed by atoms with Gasteiger partial charge in [-0.2, -0.15) is 0 Å². The second-order valence-corrected chi connectivity index (χ2v) is 17.1. The number of carboxylic acids is 1. The number of carbonyl (C=O) groups excluding carboxylic acids is 1. The molecule has 3 aromatic heterocycles. The second-order valence-electron chi connectivity index (χ2n) is 17.1. The second kappa shape index (κ2) is 20.9. The van der Waals surface area contributed by atoms with E-state index in [0.717, 1.165) is 128 Å². The van der Waals surface area contributed by atoms with Crippen molar-refractivity contribution in [1.82, 2.24) is 25.3 Å². The normalized spacial score (nSPS) is 11.8. The van der Waals surface area contributed by atoms with Crippen molar-refractivity contribution in [1.29, 1.82) is 0 Å². The van der Waals surface area contributed by atoms with Gasteiger partial charge in [-0.1, -0.05) is 154 Å². The van der Waals surface area contributed by atoms with Crippen molar-refractivity contribution >= 4 is 58.2 Å². The van der Waals surface area contributed by atoms with Crippen LogP contribution in [0.2, 0.25) is 0 Å². The van der Waals surface area contributed by atoms with Gasteiger partial charge in [0.1, 0.15) is 0 Å². The first-order valence-electron chi connectivity index (χ1n) is 23.4. The zero-order valence-electron chi connectivity index (χ0n) is 37.2. The maximum absolute atomic E-state index is 13.4. The van der Waals surface area contributed by atoms with Gasteiger partial charge in [0.05, 0.1) is 22.8 Å². The summed E-state index contributed by atoms with van der Waals surface area (Å²) in [6.45, 7) is 0.640. The molecular weight excluding hydrogens is 815 g/mol. The zero-order chi connectivity index (χ0) is 45.1. The summed E-state index contributed by atoms with van der Waals surface area (Å²) < 4.78 is 0. The van der Waals surface area contributed by atoms with Crippen molar-refractivity contribution in [2.24, 2.45) is 0 Å². The molecule has 0 radical (unpaired) electrons. The van der Waals surface area contributed by atoms with Crippen LogP contribution in [0.5, 0.6) is 0 Å². The molecule has 0 spiro atoms. The number of H-pyrrole nitrogens is 2. The average Bonchev–Trinajstić information content (AvgIpc) is 4.20. The summed E-state index contributed by atoms with van der Waals surface area (Å²) in [7, 11) is 0. The fraction of sp³-hybridized carbons (Fsp3) is 0.207. The highest BCUT2D eigenvalue weighted by Crippen LogP contribution is 2.38. The van der Waals surface area contributed by atoms with E-state index in [1.807, 2.05) is 42.5 Å². The molecule has 9 rings (SSSR count). The van der Waals surface area contributed by atoms with Crippen LogP contribution in [0, 0.1) is 0 Å². The Hall–Kier alpha value is -7.58. The summed E-state index contributed by atoms with van der Waals surface area (Å²) in [4.78, 5) is 42.5. The number of rotatable bonds is 18. The van der Waals surface area contributed by atoms with E-state index in [9.17, 15) is 9.59 Å². The summed E-state index contributed by atoms with van der Waals surface area (Å²) in [5.41, 5.74) is 15.7. The summed E-state index contributed by atoms with van der Waals surface area (Å²) in [6.07, 6.45) is 19.5. The number of nitrogens with one attached hydrogen (secondary N) is 3. The van der Waals surface area contributed by atoms with Crippen molar-refractivity contribution in [2.75, 3.05) is 6.54 Å². The Bertz CT molecular complexity index is 3000. The SMILES string of the molecule is O=C(O)CCCCCCCCCCCCNC(=O)c1ccc(-c2c3nc(c(-c4ccccc4)c4ccc([nH]4)c(-c4ccccc4)c4nc(c(-c5ccccc5)c5ccc2[nH]5)C=C4)C=C3)cc1. The van der Waals surface area contributed by atoms with Crippen LogP contribution in [-0.2, 0) is 4.79 Å². The fourth-order valence-corrected chi connectivity index (χ4v) is 9.14. The van der Waals surface area contributed by atoms with Gasteiger partial charge in [-0.3, -0.25) is 9.59 Å². The van der Waals surface area contributed by atoms with E-state index in [1.165, 1.54) is 25.7 Å². The van der Waals surface area contributed by atoms with Gasteiger partial charge >= 0.3 is 5.97 Å². The highest BCUT2D eigenvalue weighted by Gasteiger charge is 2.19. The van der Waals surface area contributed by atoms with Crippen molar-refractivity contribution in [3.8, 4) is 44.5 Å². The largest absolute Gasteiger partial charge is 0.481 e. The van der Waals surface area contributed by atoms with E-state index in [2.05, 4.69) is 137 Å². The summed E-state index contributed by atoms with van der Waals surface area (Å²) >= 11 is 0. The number of hydrogen-bond acceptors (Lipinski definition) is 4. The highest BCUT2D eigenvalue weighted by molar-refractivity contribution is 6.00. The van der Waals surface area contributed by atoms with Crippen LogP contribution in [-0.4, -0.2) is 43.5 Å². The molecule has 66 heavy (non-hydrogen) atoms. The van der Waals surface area contributed by atoms with Crippen LogP contribution in [0.1, 0.15) is 104 Å². The number of carbonyl (C=O) groups is 2. The molecule has 1 amide bonds. The molecule has 0 unspecified atom stereocenters. The lowest BCUT2D eigenvalue weighted by molar-refractivity contribution is -0.137. The lowest BCUT2D eigenvalue weighted by Crippen LogP contribution is -2.24. The Morgan fingerprint density at radius 3 is 1.11 bits per heavy atom. The van der Waals surface area contributed by atoms with E-state index < -0.39 is 5.97 Å². The molecule has 8 bridgehead atoms. The molecule has 0 atom stereocenters. The first-order valence-corrected chi connectivity index (χ1v) is 23.4. The van der Waals surface area contributed by atoms with E-state index in [0.29, 0.717) is 12.1 Å². The van der Waals surface area contributed by atoms with Gasteiger partial charge in [0.25, 0.3) is 5.91 Å². The zero-order valence-corrected chi connectivity index (χ0v) is 37.2. The van der Waals surface area contributed by atoms with Gasteiger partial charge in [-0.05, 0) is 95.8 Å². The van der Waals surface area contributed by atoms with Gasteiger partial charge in [0.15, 0.2) is 0 Å². The quantitative estimate of drug-likeness (QED) is 0.0640. The van der Waals surface area contributed by atoms with Gasteiger partial charge in [0, 0.05) is 62.8 Å². The van der Waals surface area contributed by atoms with E-state index in [-0.39, 0.29) is 12.3 Å². The Balaban J connectivity index is 1.06. The maximum Gasteiger partial charge on any atom is 0.303 e. The Morgan fingerprint density at radius 1 is 0.409 bits per heavy atom. The third-order valence-electron chi connectivity index (χ3n) is 12.5. The molecular formula is C58H55N5O3. The Kier molecular flexibility index (Phi) is 13.9. The standard InChI is InChI=1S/C58H55N5O3/c64-53(65)26-18-7-5-3-1-2-4-6-8-19-39-59-58(66)44-29-27-43(28-30-44)57-51-37-35-49(62-51)55(41-22-14-10-15-23-41)47-33-31-45(60-47)54(40-20-12-9-13-21-40)46-32-34-48(61-46)56(42-24-16-11-17-25-42)50-36-38-52(57)63-50/h9-17,20-25,27-38,60,63H,1-8,18-19,26,39H2,(H,59,66)(H,64,65). The molecule has 8 nitrogen and oxygen atoms in total. The minimum absolute atomic E-state index is 0.0768. The molecule has 2 aliphatic heterocycles. The van der Waals surface area contributed by atoms with Gasteiger partial charge in [-0.15, -0.1) is 0 Å². The monoisotopic (exact) mass is 869 g/mol. The minimum atomic E-state index is -0.703. The smallest absolute Gasteiger partial charge is 0.303 e. The molecule has 0 saturated heterocycles. The van der Waals surface area contributed by atoms with Gasteiger partial charge in [0.2, 0.25) is 0 Å². The number of amides is 1. The molecule has 0 fully saturated rings. The van der Waals surface area contributed by atoms with Crippen LogP contribution >= 0.6 is 0 Å². The third-order valence-corrected chi connectivity index (χ3v) is 12.5. The Morgan fingerprint density at radius 2 is 0.742 bits per heavy atom. The molecule has 0 saturated carbocycles. The average molecular weight is 870 g/mol. The number of nitrogens with zero attached hydrogens (tertiary/aromatic N) is 2. The number of aromatic amines is 2. The first-order chi connectivity index (χ1) is 32.5. The number of hydrogen-bond donors (Lipinski definition) is 4. The molecule has 0 aliphatic carbocycles. The molecule has 7 aromatic rings. The van der Waals surface area contributed by atoms with Crippen molar-refractivity contribution in [3.63, 3.8) is 0 Å². The lowest BCUT2D eigenvalue weighted by atomic mass is 10.0. The number of aromatic nitrogens is 4. The number of unbranched alkanes of at least 4 members (excludes halogenated alkanes) is 9. The minimum Gasteiger partial charge on any atom is -0.481 e. The lowest BCUT2D eigenvalue weighted by Gasteiger charge is -2.08. The molecule has 4 aromatic carbocycles. The topological polar surface area (TPSA) is 124 Å². The number of fused-ring (bicyclic) bond motifs is 8. The molecule has 8 heteroatoms. The van der Waals surface area contributed by atoms with Crippen molar-refractivity contribution in [2.45, 2.75) is 70.6 Å². The number of carboxylic acid groups (broad SMARTS) is 1. The van der Waals surface area contributed by atoms with Gasteiger partial charge in [-0.25, -0.2) is 9.97 Å². The van der Waals surface area contributed by atoms with Crippen LogP contribution in [0.25, 0.3) is 90.9 Å². The highest BCUT2D eigenvalue weighted by atomic mass is 16.4. The van der Waals surface area contributed by atoms with Crippen molar-refractivity contribution < 1.29 is 14.7 Å². The van der Waals surface area contributed by atoms with Gasteiger partial charge < -0.3 is 20.4 Å². The predicted octanol–water partition coefficient (Wildman–Crippen LogP) is 14.4. The van der Waals surface area contributed by atoms with Crippen LogP contribution in [0.4, 0.5) is 0 Å². The Labute approximate surface area is 386 Å². The van der Waals surface area contributed by atoms with Crippen LogP contribution < -0.4 is 5.32 Å². The van der Waals surface area contributed by atoms with Crippen LogP contribution in [0.15, 0.2) is 140 Å². The first kappa shape index (κ1) is 43.7. The molecule has 330 valence electrons. The fourth-order valence-electron chi connectivity index (χ4n) is 9.14. The summed E-state index contributed by atoms with van der Waals surface area (Å²) in [6, 6.07) is 47.6. The van der Waals surface area contributed by atoms with E-state index >= 15 is 0 Å². The number of aliphatic carboxylic acids is 1. The van der Waals surface area contributed by atoms with E-state index in [4.69, 9.17) is 15.1 Å². The predicted molar refractivity (Wildman–Crippen MR) is 271 cm³/mol. The summed E-state index contributed by atoms with van der Waals surface area (Å²) in [5.74, 6) is -0.780. The van der Waals surface area contributed by atoms with Crippen molar-refractivity contribution in [3.05, 3.63) is 168 Å². The summed E-state index contributed by atoms with van der Waals surface area (Å²) in [5, 5.41) is 11.9. The third kappa shape index (κ3) is 10.2. The number of benzene rings is 4. The molecule has 4 N–H and O–H groups in total. The molecule has 5 heterocycles. The van der Waals surface area contributed by atoms with Crippen LogP contribution in [0.3, 0.4) is 0 Å².